The quantitative estimate of drug-likeness (QED) is 0.206. The number of nitrogens with zero attached hydrogens (tertiary/aromatic N) is 3. The van der Waals surface area contributed by atoms with Crippen LogP contribution in [0.15, 0.2) is 161 Å². The highest BCUT2D eigenvalue weighted by molar-refractivity contribution is 6.11. The molecule has 0 unspecified atom stereocenters. The Balaban J connectivity index is 1.39. The van der Waals surface area contributed by atoms with Crippen molar-refractivity contribution < 1.29 is 0 Å². The van der Waals surface area contributed by atoms with E-state index in [2.05, 4.69) is 42.5 Å². The van der Waals surface area contributed by atoms with E-state index in [1.54, 1.807) is 4.52 Å². The van der Waals surface area contributed by atoms with Crippen molar-refractivity contribution >= 4 is 32.7 Å². The van der Waals surface area contributed by atoms with E-state index in [1.807, 2.05) is 109 Å². The molecule has 0 aliphatic carbocycles. The molecular formula is C41H25N3O2. The Morgan fingerprint density at radius 2 is 1.07 bits per heavy atom. The van der Waals surface area contributed by atoms with E-state index in [4.69, 9.17) is 4.98 Å². The number of aromatic nitrogens is 3. The number of hydrogen-bond donors (Lipinski definition) is 0. The second-order valence-electron chi connectivity index (χ2n) is 11.5. The summed E-state index contributed by atoms with van der Waals surface area (Å²) in [6, 6.07) is 50.5. The molecule has 0 N–H and O–H groups in total. The van der Waals surface area contributed by atoms with Gasteiger partial charge in [-0.15, -0.1) is 0 Å². The molecule has 0 radical (unpaired) electrons. The third kappa shape index (κ3) is 3.79. The van der Waals surface area contributed by atoms with Crippen LogP contribution in [0.25, 0.3) is 77.3 Å². The fourth-order valence-corrected chi connectivity index (χ4v) is 6.85. The highest BCUT2D eigenvalue weighted by atomic mass is 16.2. The summed E-state index contributed by atoms with van der Waals surface area (Å²) >= 11 is 0. The van der Waals surface area contributed by atoms with Crippen LogP contribution in [0.1, 0.15) is 0 Å². The molecule has 6 aromatic carbocycles. The minimum Gasteiger partial charge on any atom is -0.267 e. The fraction of sp³-hybridized carbons (Fsp3) is 0. The van der Waals surface area contributed by atoms with Crippen molar-refractivity contribution in [2.45, 2.75) is 0 Å². The summed E-state index contributed by atoms with van der Waals surface area (Å²) in [7, 11) is 0. The van der Waals surface area contributed by atoms with E-state index in [-0.39, 0.29) is 11.1 Å². The summed E-state index contributed by atoms with van der Waals surface area (Å²) < 4.78 is 3.03. The summed E-state index contributed by atoms with van der Waals surface area (Å²) in [5, 5.41) is 2.28. The van der Waals surface area contributed by atoms with Gasteiger partial charge >= 0.3 is 5.56 Å². The van der Waals surface area contributed by atoms with Crippen LogP contribution in [0.5, 0.6) is 0 Å². The molecule has 216 valence electrons. The summed E-state index contributed by atoms with van der Waals surface area (Å²) in [4.78, 5) is 33.6. The van der Waals surface area contributed by atoms with Gasteiger partial charge in [-0.3, -0.25) is 9.59 Å². The Morgan fingerprint density at radius 1 is 0.435 bits per heavy atom. The Kier molecular flexibility index (Phi) is 5.74. The second kappa shape index (κ2) is 10.1. The van der Waals surface area contributed by atoms with Crippen LogP contribution in [-0.2, 0) is 0 Å². The van der Waals surface area contributed by atoms with Crippen molar-refractivity contribution in [3.05, 3.63) is 172 Å². The van der Waals surface area contributed by atoms with Crippen molar-refractivity contribution in [2.24, 2.45) is 0 Å². The molecule has 46 heavy (non-hydrogen) atoms. The zero-order valence-corrected chi connectivity index (χ0v) is 24.6. The van der Waals surface area contributed by atoms with E-state index >= 15 is 0 Å². The average molecular weight is 592 g/mol. The highest BCUT2D eigenvalue weighted by Crippen LogP contribution is 2.39. The summed E-state index contributed by atoms with van der Waals surface area (Å²) in [5.41, 5.74) is 8.31. The summed E-state index contributed by atoms with van der Waals surface area (Å²) in [6.45, 7) is 0. The average Bonchev–Trinajstić information content (AvgIpc) is 3.60. The zero-order chi connectivity index (χ0) is 30.8. The molecule has 0 atom stereocenters. The first-order chi connectivity index (χ1) is 22.7. The Bertz CT molecular complexity index is 2710. The van der Waals surface area contributed by atoms with Crippen LogP contribution in [0, 0.1) is 0 Å². The molecule has 0 aliphatic heterocycles. The molecule has 0 saturated heterocycles. The van der Waals surface area contributed by atoms with Crippen molar-refractivity contribution in [3.8, 4) is 44.6 Å². The van der Waals surface area contributed by atoms with Gasteiger partial charge < -0.3 is 0 Å². The number of benzene rings is 6. The van der Waals surface area contributed by atoms with Crippen LogP contribution in [0.2, 0.25) is 0 Å². The van der Waals surface area contributed by atoms with Gasteiger partial charge in [-0.1, -0.05) is 140 Å². The van der Waals surface area contributed by atoms with E-state index in [1.165, 1.54) is 4.52 Å². The Morgan fingerprint density at radius 3 is 1.78 bits per heavy atom. The number of fused-ring (bicyclic) bond motifs is 7. The molecule has 0 saturated carbocycles. The molecule has 3 aromatic heterocycles. The van der Waals surface area contributed by atoms with E-state index < -0.39 is 5.56 Å². The van der Waals surface area contributed by atoms with Gasteiger partial charge in [0.25, 0.3) is 5.56 Å². The third-order valence-corrected chi connectivity index (χ3v) is 8.92. The molecule has 5 nitrogen and oxygen atoms in total. The maximum Gasteiger partial charge on any atom is 0.301 e. The van der Waals surface area contributed by atoms with Crippen LogP contribution in [0.4, 0.5) is 0 Å². The van der Waals surface area contributed by atoms with E-state index in [0.717, 1.165) is 55.4 Å². The summed E-state index contributed by atoms with van der Waals surface area (Å²) in [5.74, 6) is 0. The molecule has 0 bridgehead atoms. The molecule has 9 rings (SSSR count). The largest absolute Gasteiger partial charge is 0.301 e. The predicted molar refractivity (Wildman–Crippen MR) is 187 cm³/mol. The van der Waals surface area contributed by atoms with Crippen LogP contribution in [-0.4, -0.2) is 14.0 Å². The monoisotopic (exact) mass is 591 g/mol. The first-order valence-electron chi connectivity index (χ1n) is 15.2. The molecule has 9 aromatic rings. The minimum atomic E-state index is -0.425. The Hall–Kier alpha value is -6.33. The minimum absolute atomic E-state index is 0.276. The SMILES string of the molecule is O=c1c2nc(-c3ccccc3)c3ccccc3c2n2c3cccc(-c4cc(-c5ccccc5)ccc4-c4ccccc4)c3c(=O)n12. The van der Waals surface area contributed by atoms with Crippen molar-refractivity contribution in [1.82, 2.24) is 14.0 Å². The van der Waals surface area contributed by atoms with Gasteiger partial charge in [-0.2, -0.15) is 4.52 Å². The lowest BCUT2D eigenvalue weighted by molar-refractivity contribution is 0.842. The van der Waals surface area contributed by atoms with Gasteiger partial charge in [-0.05, 0) is 45.5 Å². The summed E-state index contributed by atoms with van der Waals surface area (Å²) in [6.07, 6.45) is 0. The van der Waals surface area contributed by atoms with Gasteiger partial charge in [0.2, 0.25) is 0 Å². The molecule has 0 fully saturated rings. The molecular weight excluding hydrogens is 566 g/mol. The molecule has 0 amide bonds. The van der Waals surface area contributed by atoms with Gasteiger partial charge in [-0.25, -0.2) is 9.50 Å². The van der Waals surface area contributed by atoms with Crippen molar-refractivity contribution in [3.63, 3.8) is 0 Å². The fourth-order valence-electron chi connectivity index (χ4n) is 6.85. The molecule has 0 aliphatic rings. The number of rotatable bonds is 4. The maximum atomic E-state index is 14.5. The van der Waals surface area contributed by atoms with Crippen molar-refractivity contribution in [1.29, 1.82) is 0 Å². The zero-order valence-electron chi connectivity index (χ0n) is 24.6. The molecule has 5 heteroatoms. The number of hydrogen-bond acceptors (Lipinski definition) is 3. The van der Waals surface area contributed by atoms with Gasteiger partial charge in [0.15, 0.2) is 5.52 Å². The maximum absolute atomic E-state index is 14.5. The second-order valence-corrected chi connectivity index (χ2v) is 11.5. The molecule has 3 heterocycles. The first kappa shape index (κ1) is 26.1. The lowest BCUT2D eigenvalue weighted by Crippen LogP contribution is -2.22. The highest BCUT2D eigenvalue weighted by Gasteiger charge is 2.25. The normalized spacial score (nSPS) is 11.7. The van der Waals surface area contributed by atoms with Crippen molar-refractivity contribution in [2.75, 3.05) is 0 Å². The standard InChI is InChI=1S/C41H25N3O2/c45-40-36-31(34-25-29(26-13-4-1-5-14-26)23-24-30(34)27-15-6-2-7-16-27)21-12-22-35(36)43-39-33-20-11-10-19-32(33)37(28-17-8-3-9-18-28)42-38(39)41(46)44(40)43/h1-25H. The third-order valence-electron chi connectivity index (χ3n) is 8.92. The number of pyridine rings is 1. The lowest BCUT2D eigenvalue weighted by atomic mass is 9.90. The predicted octanol–water partition coefficient (Wildman–Crippen LogP) is 8.72. The first-order valence-corrected chi connectivity index (χ1v) is 15.2. The van der Waals surface area contributed by atoms with Crippen LogP contribution in [0.3, 0.4) is 0 Å². The van der Waals surface area contributed by atoms with Crippen LogP contribution >= 0.6 is 0 Å². The van der Waals surface area contributed by atoms with Gasteiger partial charge in [0.05, 0.1) is 16.6 Å². The van der Waals surface area contributed by atoms with Gasteiger partial charge in [0, 0.05) is 16.3 Å². The van der Waals surface area contributed by atoms with Crippen LogP contribution < -0.4 is 11.1 Å². The molecule has 0 spiro atoms. The lowest BCUT2D eigenvalue weighted by Gasteiger charge is -2.14. The van der Waals surface area contributed by atoms with E-state index in [9.17, 15) is 9.59 Å². The Labute approximate surface area is 263 Å². The van der Waals surface area contributed by atoms with Gasteiger partial charge in [0.1, 0.15) is 5.52 Å². The smallest absolute Gasteiger partial charge is 0.267 e. The topological polar surface area (TPSA) is 55.9 Å². The van der Waals surface area contributed by atoms with E-state index in [0.29, 0.717) is 16.4 Å².